The fraction of sp³-hybridized carbons (Fsp3) is 0.500. The van der Waals surface area contributed by atoms with Gasteiger partial charge >= 0.3 is 0 Å². The van der Waals surface area contributed by atoms with Crippen LogP contribution >= 0.6 is 0 Å². The minimum atomic E-state index is 0.125. The fourth-order valence-corrected chi connectivity index (χ4v) is 2.07. The largest absolute Gasteiger partial charge is 0.326 e. The molecular formula is C14H20N2O. The summed E-state index contributed by atoms with van der Waals surface area (Å²) in [5.41, 5.74) is 2.19. The van der Waals surface area contributed by atoms with Crippen molar-refractivity contribution in [3.05, 3.63) is 29.8 Å². The van der Waals surface area contributed by atoms with E-state index in [1.54, 1.807) is 0 Å². The van der Waals surface area contributed by atoms with E-state index in [1.807, 2.05) is 12.1 Å². The van der Waals surface area contributed by atoms with Crippen LogP contribution in [0, 0.1) is 5.92 Å². The smallest absolute Gasteiger partial charge is 0.228 e. The third-order valence-electron chi connectivity index (χ3n) is 3.28. The Hall–Kier alpha value is -1.35. The highest BCUT2D eigenvalue weighted by Gasteiger charge is 2.22. The predicted molar refractivity (Wildman–Crippen MR) is 70.1 cm³/mol. The van der Waals surface area contributed by atoms with Crippen LogP contribution in [0.5, 0.6) is 0 Å². The summed E-state index contributed by atoms with van der Waals surface area (Å²) in [5.74, 6) is 0.783. The van der Waals surface area contributed by atoms with E-state index in [2.05, 4.69) is 36.6 Å². The Balaban J connectivity index is 1.96. The molecule has 1 fully saturated rings. The van der Waals surface area contributed by atoms with Gasteiger partial charge in [0.15, 0.2) is 0 Å². The van der Waals surface area contributed by atoms with E-state index in [0.29, 0.717) is 5.92 Å². The first-order valence-corrected chi connectivity index (χ1v) is 6.28. The van der Waals surface area contributed by atoms with Crippen molar-refractivity contribution < 1.29 is 4.79 Å². The Morgan fingerprint density at radius 1 is 1.35 bits per heavy atom. The molecule has 17 heavy (non-hydrogen) atoms. The Labute approximate surface area is 103 Å². The van der Waals surface area contributed by atoms with Crippen molar-refractivity contribution in [3.63, 3.8) is 0 Å². The van der Waals surface area contributed by atoms with Crippen molar-refractivity contribution >= 4 is 11.6 Å². The number of carbonyl (C=O) groups is 1. The van der Waals surface area contributed by atoms with Crippen molar-refractivity contribution in [3.8, 4) is 0 Å². The van der Waals surface area contributed by atoms with Crippen molar-refractivity contribution in [2.45, 2.75) is 26.2 Å². The van der Waals surface area contributed by atoms with Gasteiger partial charge in [-0.25, -0.2) is 0 Å². The lowest BCUT2D eigenvalue weighted by Gasteiger charge is -2.11. The number of benzene rings is 1. The van der Waals surface area contributed by atoms with Gasteiger partial charge in [0.05, 0.1) is 5.92 Å². The van der Waals surface area contributed by atoms with E-state index in [4.69, 9.17) is 0 Å². The molecule has 1 unspecified atom stereocenters. The maximum absolute atomic E-state index is 11.9. The average Bonchev–Trinajstić information content (AvgIpc) is 2.83. The monoisotopic (exact) mass is 232 g/mol. The summed E-state index contributed by atoms with van der Waals surface area (Å²) in [6.45, 7) is 6.08. The first kappa shape index (κ1) is 12.1. The highest BCUT2D eigenvalue weighted by molar-refractivity contribution is 5.92. The first-order chi connectivity index (χ1) is 8.16. The summed E-state index contributed by atoms with van der Waals surface area (Å²) in [6.07, 6.45) is 0.940. The van der Waals surface area contributed by atoms with Gasteiger partial charge in [0.1, 0.15) is 0 Å². The van der Waals surface area contributed by atoms with Crippen LogP contribution < -0.4 is 10.6 Å². The second kappa shape index (κ2) is 5.32. The van der Waals surface area contributed by atoms with Crippen LogP contribution in [-0.2, 0) is 4.79 Å². The van der Waals surface area contributed by atoms with Gasteiger partial charge in [0.25, 0.3) is 0 Å². The molecule has 0 aliphatic carbocycles. The first-order valence-electron chi connectivity index (χ1n) is 6.28. The van der Waals surface area contributed by atoms with Gasteiger partial charge in [-0.05, 0) is 36.6 Å². The van der Waals surface area contributed by atoms with E-state index in [9.17, 15) is 4.79 Å². The Morgan fingerprint density at radius 2 is 2.06 bits per heavy atom. The molecule has 92 valence electrons. The zero-order chi connectivity index (χ0) is 12.3. The minimum absolute atomic E-state index is 0.125. The van der Waals surface area contributed by atoms with E-state index in [0.717, 1.165) is 25.2 Å². The number of nitrogens with one attached hydrogen (secondary N) is 2. The van der Waals surface area contributed by atoms with Crippen LogP contribution in [0.25, 0.3) is 0 Å². The van der Waals surface area contributed by atoms with Crippen LogP contribution in [-0.4, -0.2) is 19.0 Å². The van der Waals surface area contributed by atoms with Crippen LogP contribution in [0.2, 0.25) is 0 Å². The Bertz CT molecular complexity index is 378. The highest BCUT2D eigenvalue weighted by Crippen LogP contribution is 2.18. The predicted octanol–water partition coefficient (Wildman–Crippen LogP) is 2.36. The number of amides is 1. The average molecular weight is 232 g/mol. The Morgan fingerprint density at radius 3 is 2.59 bits per heavy atom. The van der Waals surface area contributed by atoms with Crippen molar-refractivity contribution in [2.24, 2.45) is 5.92 Å². The lowest BCUT2D eigenvalue weighted by molar-refractivity contribution is -0.119. The van der Waals surface area contributed by atoms with E-state index < -0.39 is 0 Å². The molecule has 2 rings (SSSR count). The van der Waals surface area contributed by atoms with E-state index in [-0.39, 0.29) is 11.8 Å². The molecule has 1 heterocycles. The van der Waals surface area contributed by atoms with E-state index in [1.165, 1.54) is 5.56 Å². The van der Waals surface area contributed by atoms with Crippen LogP contribution in [0.3, 0.4) is 0 Å². The van der Waals surface area contributed by atoms with Crippen LogP contribution in [0.15, 0.2) is 24.3 Å². The summed E-state index contributed by atoms with van der Waals surface area (Å²) >= 11 is 0. The van der Waals surface area contributed by atoms with Gasteiger partial charge in [0.2, 0.25) is 5.91 Å². The number of rotatable bonds is 3. The molecule has 1 atom stereocenters. The SMILES string of the molecule is CC(C)c1ccc(NC(=O)C2CCNC2)cc1. The molecule has 0 radical (unpaired) electrons. The summed E-state index contributed by atoms with van der Waals surface area (Å²) < 4.78 is 0. The minimum Gasteiger partial charge on any atom is -0.326 e. The molecule has 1 aliphatic heterocycles. The lowest BCUT2D eigenvalue weighted by Crippen LogP contribution is -2.24. The molecule has 1 aromatic carbocycles. The Kier molecular flexibility index (Phi) is 3.79. The molecule has 1 aromatic rings. The number of hydrogen-bond donors (Lipinski definition) is 2. The maximum atomic E-state index is 11.9. The third-order valence-corrected chi connectivity index (χ3v) is 3.28. The van der Waals surface area contributed by atoms with Gasteiger partial charge in [-0.3, -0.25) is 4.79 Å². The van der Waals surface area contributed by atoms with Crippen molar-refractivity contribution in [2.75, 3.05) is 18.4 Å². The number of carbonyl (C=O) groups excluding carboxylic acids is 1. The number of hydrogen-bond acceptors (Lipinski definition) is 2. The lowest BCUT2D eigenvalue weighted by atomic mass is 10.0. The molecule has 3 nitrogen and oxygen atoms in total. The fourth-order valence-electron chi connectivity index (χ4n) is 2.07. The normalized spacial score (nSPS) is 19.6. The van der Waals surface area contributed by atoms with Gasteiger partial charge in [0, 0.05) is 12.2 Å². The summed E-state index contributed by atoms with van der Waals surface area (Å²) in [6, 6.07) is 8.12. The molecule has 0 aromatic heterocycles. The van der Waals surface area contributed by atoms with Gasteiger partial charge in [-0.1, -0.05) is 26.0 Å². The molecular weight excluding hydrogens is 212 g/mol. The van der Waals surface area contributed by atoms with Gasteiger partial charge in [-0.15, -0.1) is 0 Å². The third kappa shape index (κ3) is 3.07. The molecule has 0 spiro atoms. The molecule has 0 bridgehead atoms. The summed E-state index contributed by atoms with van der Waals surface area (Å²) in [7, 11) is 0. The highest BCUT2D eigenvalue weighted by atomic mass is 16.1. The second-order valence-corrected chi connectivity index (χ2v) is 4.96. The zero-order valence-electron chi connectivity index (χ0n) is 10.5. The molecule has 0 saturated carbocycles. The topological polar surface area (TPSA) is 41.1 Å². The van der Waals surface area contributed by atoms with Crippen molar-refractivity contribution in [1.82, 2.24) is 5.32 Å². The standard InChI is InChI=1S/C14H20N2O/c1-10(2)11-3-5-13(6-4-11)16-14(17)12-7-8-15-9-12/h3-6,10,12,15H,7-9H2,1-2H3,(H,16,17). The van der Waals surface area contributed by atoms with Gasteiger partial charge < -0.3 is 10.6 Å². The molecule has 1 aliphatic rings. The maximum Gasteiger partial charge on any atom is 0.228 e. The number of anilines is 1. The molecule has 3 heteroatoms. The van der Waals surface area contributed by atoms with Crippen LogP contribution in [0.1, 0.15) is 31.7 Å². The zero-order valence-corrected chi connectivity index (χ0v) is 10.5. The molecule has 1 saturated heterocycles. The summed E-state index contributed by atoms with van der Waals surface area (Å²) in [4.78, 5) is 11.9. The van der Waals surface area contributed by atoms with Gasteiger partial charge in [-0.2, -0.15) is 0 Å². The van der Waals surface area contributed by atoms with Crippen molar-refractivity contribution in [1.29, 1.82) is 0 Å². The quantitative estimate of drug-likeness (QED) is 0.840. The molecule has 2 N–H and O–H groups in total. The summed E-state index contributed by atoms with van der Waals surface area (Å²) in [5, 5.41) is 6.17. The van der Waals surface area contributed by atoms with E-state index >= 15 is 0 Å². The second-order valence-electron chi connectivity index (χ2n) is 4.96. The molecule has 1 amide bonds. The van der Waals surface area contributed by atoms with Crippen LogP contribution in [0.4, 0.5) is 5.69 Å².